The fourth-order valence-corrected chi connectivity index (χ4v) is 3.29. The molecule has 0 aliphatic carbocycles. The van der Waals surface area contributed by atoms with Crippen LogP contribution >= 0.6 is 0 Å². The van der Waals surface area contributed by atoms with Crippen molar-refractivity contribution in [1.29, 1.82) is 0 Å². The second-order valence-electron chi connectivity index (χ2n) is 6.48. The van der Waals surface area contributed by atoms with Gasteiger partial charge in [-0.15, -0.1) is 0 Å². The molecule has 6 heteroatoms. The molecule has 1 N–H and O–H groups in total. The maximum absolute atomic E-state index is 12.0. The lowest BCUT2D eigenvalue weighted by atomic mass is 10.1. The highest BCUT2D eigenvalue weighted by Gasteiger charge is 2.37. The fourth-order valence-electron chi connectivity index (χ4n) is 3.29. The summed E-state index contributed by atoms with van der Waals surface area (Å²) in [7, 11) is 0. The van der Waals surface area contributed by atoms with Crippen molar-refractivity contribution in [2.24, 2.45) is 4.99 Å². The number of imide groups is 1. The van der Waals surface area contributed by atoms with Gasteiger partial charge in [-0.3, -0.25) is 14.9 Å². The predicted molar refractivity (Wildman–Crippen MR) is 97.1 cm³/mol. The molecule has 0 radical (unpaired) electrons. The number of rotatable bonds is 4. The largest absolute Gasteiger partial charge is 0.489 e. The first-order chi connectivity index (χ1) is 12.6. The summed E-state index contributed by atoms with van der Waals surface area (Å²) in [6.45, 7) is 2.88. The summed E-state index contributed by atoms with van der Waals surface area (Å²) in [4.78, 5) is 30.0. The van der Waals surface area contributed by atoms with Crippen molar-refractivity contribution in [3.63, 3.8) is 0 Å². The van der Waals surface area contributed by atoms with Crippen molar-refractivity contribution >= 4 is 23.3 Å². The molecule has 4 rings (SSSR count). The van der Waals surface area contributed by atoms with Gasteiger partial charge in [0.1, 0.15) is 24.2 Å². The van der Waals surface area contributed by atoms with Crippen molar-refractivity contribution in [3.05, 3.63) is 59.7 Å². The van der Waals surface area contributed by atoms with Crippen LogP contribution in [0.2, 0.25) is 0 Å². The number of amidine groups is 1. The lowest BCUT2D eigenvalue weighted by molar-refractivity contribution is -0.125. The summed E-state index contributed by atoms with van der Waals surface area (Å²) in [5, 5.41) is 2.36. The van der Waals surface area contributed by atoms with E-state index in [9.17, 15) is 9.59 Å². The minimum Gasteiger partial charge on any atom is -0.489 e. The molecule has 0 spiro atoms. The lowest BCUT2D eigenvalue weighted by Crippen LogP contribution is -2.44. The number of aliphatic imine (C=N–C) groups is 1. The number of nitrogens with one attached hydrogen (secondary N) is 1. The molecule has 2 aromatic rings. The second kappa shape index (κ2) is 6.63. The summed E-state index contributed by atoms with van der Waals surface area (Å²) in [6.07, 6.45) is 0.172. The van der Waals surface area contributed by atoms with Crippen LogP contribution in [0.4, 0.5) is 5.69 Å². The highest BCUT2D eigenvalue weighted by Crippen LogP contribution is 2.32. The van der Waals surface area contributed by atoms with Crippen LogP contribution in [0.3, 0.4) is 0 Å². The van der Waals surface area contributed by atoms with Crippen LogP contribution in [0.25, 0.3) is 0 Å². The van der Waals surface area contributed by atoms with Gasteiger partial charge in [0.15, 0.2) is 0 Å². The molecule has 1 saturated heterocycles. The summed E-state index contributed by atoms with van der Waals surface area (Å²) in [5.41, 5.74) is 2.95. The van der Waals surface area contributed by atoms with Gasteiger partial charge in [-0.05, 0) is 30.7 Å². The van der Waals surface area contributed by atoms with E-state index in [1.165, 1.54) is 0 Å². The van der Waals surface area contributed by atoms with Gasteiger partial charge in [0, 0.05) is 12.1 Å². The Kier molecular flexibility index (Phi) is 4.16. The molecule has 1 fully saturated rings. The van der Waals surface area contributed by atoms with Gasteiger partial charge in [-0.1, -0.05) is 30.3 Å². The third kappa shape index (κ3) is 3.18. The van der Waals surface area contributed by atoms with Gasteiger partial charge in [-0.2, -0.15) is 0 Å². The van der Waals surface area contributed by atoms with E-state index in [1.54, 1.807) is 0 Å². The SMILES string of the molecule is CC1=Nc2ccc(OCc3ccccc3)cc2CN1C1CC(=O)NC1=O. The lowest BCUT2D eigenvalue weighted by Gasteiger charge is -2.32. The molecule has 0 aromatic heterocycles. The quantitative estimate of drug-likeness (QED) is 0.861. The monoisotopic (exact) mass is 349 g/mol. The van der Waals surface area contributed by atoms with Crippen LogP contribution < -0.4 is 10.1 Å². The van der Waals surface area contributed by atoms with Gasteiger partial charge >= 0.3 is 0 Å². The standard InChI is InChI=1S/C20H19N3O3/c1-13-21-17-8-7-16(26-12-14-5-3-2-4-6-14)9-15(17)11-23(13)18-10-19(24)22-20(18)25/h2-9,18H,10-12H2,1H3,(H,22,24,25). The minimum absolute atomic E-state index is 0.172. The number of hydrogen-bond donors (Lipinski definition) is 1. The average Bonchev–Trinajstić information content (AvgIpc) is 2.98. The van der Waals surface area contributed by atoms with Gasteiger partial charge in [-0.25, -0.2) is 4.99 Å². The van der Waals surface area contributed by atoms with Crippen LogP contribution in [-0.4, -0.2) is 28.6 Å². The average molecular weight is 349 g/mol. The molecule has 1 atom stereocenters. The molecule has 0 bridgehead atoms. The first-order valence-corrected chi connectivity index (χ1v) is 8.55. The Labute approximate surface area is 151 Å². The molecule has 2 heterocycles. The number of carbonyl (C=O) groups excluding carboxylic acids is 2. The third-order valence-corrected chi connectivity index (χ3v) is 4.66. The Balaban J connectivity index is 1.52. The number of benzene rings is 2. The third-order valence-electron chi connectivity index (χ3n) is 4.66. The van der Waals surface area contributed by atoms with E-state index in [4.69, 9.17) is 4.74 Å². The Bertz CT molecular complexity index is 892. The van der Waals surface area contributed by atoms with E-state index in [-0.39, 0.29) is 18.2 Å². The Morgan fingerprint density at radius 2 is 2.00 bits per heavy atom. The number of carbonyl (C=O) groups is 2. The second-order valence-corrected chi connectivity index (χ2v) is 6.48. The van der Waals surface area contributed by atoms with Crippen molar-refractivity contribution < 1.29 is 14.3 Å². The Hall–Kier alpha value is -3.15. The molecular weight excluding hydrogens is 330 g/mol. The van der Waals surface area contributed by atoms with Gasteiger partial charge in [0.2, 0.25) is 11.8 Å². The van der Waals surface area contributed by atoms with Crippen LogP contribution in [0.15, 0.2) is 53.5 Å². The van der Waals surface area contributed by atoms with Crippen molar-refractivity contribution in [2.45, 2.75) is 32.5 Å². The normalized spacial score (nSPS) is 19.0. The first-order valence-electron chi connectivity index (χ1n) is 8.55. The van der Waals surface area contributed by atoms with Crippen LogP contribution in [0.1, 0.15) is 24.5 Å². The Morgan fingerprint density at radius 3 is 2.73 bits per heavy atom. The van der Waals surface area contributed by atoms with Gasteiger partial charge in [0.25, 0.3) is 0 Å². The van der Waals surface area contributed by atoms with E-state index < -0.39 is 6.04 Å². The molecule has 2 aliphatic rings. The van der Waals surface area contributed by atoms with Crippen molar-refractivity contribution in [3.8, 4) is 5.75 Å². The maximum atomic E-state index is 12.0. The highest BCUT2D eigenvalue weighted by molar-refractivity contribution is 6.07. The van der Waals surface area contributed by atoms with E-state index in [1.807, 2.05) is 60.4 Å². The number of nitrogens with zero attached hydrogens (tertiary/aromatic N) is 2. The molecule has 26 heavy (non-hydrogen) atoms. The zero-order valence-electron chi connectivity index (χ0n) is 14.4. The predicted octanol–water partition coefficient (Wildman–Crippen LogP) is 2.55. The molecule has 6 nitrogen and oxygen atoms in total. The number of fused-ring (bicyclic) bond motifs is 1. The summed E-state index contributed by atoms with van der Waals surface area (Å²) < 4.78 is 5.88. The fraction of sp³-hybridized carbons (Fsp3) is 0.250. The molecule has 0 saturated carbocycles. The van der Waals surface area contributed by atoms with E-state index >= 15 is 0 Å². The van der Waals surface area contributed by atoms with Crippen molar-refractivity contribution in [2.75, 3.05) is 0 Å². The smallest absolute Gasteiger partial charge is 0.249 e. The molecule has 2 amide bonds. The topological polar surface area (TPSA) is 71.0 Å². The minimum atomic E-state index is -0.492. The number of amides is 2. The van der Waals surface area contributed by atoms with Gasteiger partial charge < -0.3 is 9.64 Å². The molecule has 2 aromatic carbocycles. The summed E-state index contributed by atoms with van der Waals surface area (Å²) in [6, 6.07) is 15.3. The first kappa shape index (κ1) is 16.3. The molecule has 132 valence electrons. The van der Waals surface area contributed by atoms with Crippen LogP contribution in [-0.2, 0) is 22.7 Å². The van der Waals surface area contributed by atoms with E-state index in [0.717, 1.165) is 28.4 Å². The van der Waals surface area contributed by atoms with Crippen LogP contribution in [0, 0.1) is 0 Å². The zero-order valence-corrected chi connectivity index (χ0v) is 14.4. The number of ether oxygens (including phenoxy) is 1. The molecule has 1 unspecified atom stereocenters. The van der Waals surface area contributed by atoms with E-state index in [2.05, 4.69) is 10.3 Å². The van der Waals surface area contributed by atoms with Gasteiger partial charge in [0.05, 0.1) is 12.1 Å². The van der Waals surface area contributed by atoms with Crippen LogP contribution in [0.5, 0.6) is 5.75 Å². The van der Waals surface area contributed by atoms with E-state index in [0.29, 0.717) is 13.2 Å². The molecular formula is C20H19N3O3. The maximum Gasteiger partial charge on any atom is 0.249 e. The summed E-state index contributed by atoms with van der Waals surface area (Å²) in [5.74, 6) is 1.00. The summed E-state index contributed by atoms with van der Waals surface area (Å²) >= 11 is 0. The zero-order chi connectivity index (χ0) is 18.1. The number of hydrogen-bond acceptors (Lipinski definition) is 5. The molecule has 2 aliphatic heterocycles. The Morgan fingerprint density at radius 1 is 1.19 bits per heavy atom. The highest BCUT2D eigenvalue weighted by atomic mass is 16.5. The van der Waals surface area contributed by atoms with Crippen molar-refractivity contribution in [1.82, 2.24) is 10.2 Å².